The van der Waals surface area contributed by atoms with Crippen LogP contribution in [0.3, 0.4) is 0 Å². The van der Waals surface area contributed by atoms with Crippen molar-refractivity contribution in [3.05, 3.63) is 18.2 Å². The maximum Gasteiger partial charge on any atom is 0.0949 e. The Bertz CT molecular complexity index is 339. The monoisotopic (exact) mass is 236 g/mol. The van der Waals surface area contributed by atoms with E-state index in [4.69, 9.17) is 5.73 Å². The molecule has 0 radical (unpaired) electrons. The van der Waals surface area contributed by atoms with Crippen molar-refractivity contribution < 1.29 is 0 Å². The van der Waals surface area contributed by atoms with E-state index in [0.29, 0.717) is 0 Å². The van der Waals surface area contributed by atoms with E-state index in [9.17, 15) is 0 Å². The predicted octanol–water partition coefficient (Wildman–Crippen LogP) is 1.78. The van der Waals surface area contributed by atoms with Crippen LogP contribution in [0.1, 0.15) is 44.3 Å². The van der Waals surface area contributed by atoms with Crippen molar-refractivity contribution in [3.63, 3.8) is 0 Å². The maximum atomic E-state index is 5.91. The Balaban J connectivity index is 1.86. The third kappa shape index (κ3) is 3.07. The normalized spacial score (nSPS) is 19.1. The number of aromatic nitrogens is 2. The number of hydrogen-bond acceptors (Lipinski definition) is 3. The number of nitrogens with zero attached hydrogens (tertiary/aromatic N) is 3. The van der Waals surface area contributed by atoms with E-state index in [1.807, 2.05) is 19.4 Å². The lowest BCUT2D eigenvalue weighted by molar-refractivity contribution is 0.235. The Morgan fingerprint density at radius 1 is 1.53 bits per heavy atom. The minimum absolute atomic E-state index is 0.0642. The van der Waals surface area contributed by atoms with Crippen LogP contribution < -0.4 is 5.73 Å². The standard InChI is InChI=1S/C13H24N4/c1-11(14)13-9-15-10-17(13)8-7-16(2)12-5-3-4-6-12/h9-12H,3-8,14H2,1-2H3/t11-/m1/s1. The van der Waals surface area contributed by atoms with Crippen LogP contribution in [-0.2, 0) is 6.54 Å². The lowest BCUT2D eigenvalue weighted by atomic mass is 10.2. The molecule has 17 heavy (non-hydrogen) atoms. The number of likely N-dealkylation sites (N-methyl/N-ethyl adjacent to an activating group) is 1. The molecule has 0 spiro atoms. The molecule has 1 aliphatic rings. The Labute approximate surface area is 104 Å². The van der Waals surface area contributed by atoms with Gasteiger partial charge in [-0.25, -0.2) is 4.98 Å². The number of rotatable bonds is 5. The largest absolute Gasteiger partial charge is 0.332 e. The highest BCUT2D eigenvalue weighted by Crippen LogP contribution is 2.22. The predicted molar refractivity (Wildman–Crippen MR) is 69.7 cm³/mol. The molecule has 1 aliphatic carbocycles. The van der Waals surface area contributed by atoms with Crippen molar-refractivity contribution in [2.45, 2.75) is 51.2 Å². The van der Waals surface area contributed by atoms with Gasteiger partial charge in [0.25, 0.3) is 0 Å². The van der Waals surface area contributed by atoms with Crippen molar-refractivity contribution in [2.24, 2.45) is 5.73 Å². The van der Waals surface area contributed by atoms with Crippen LogP contribution in [0.5, 0.6) is 0 Å². The molecule has 1 aromatic rings. The molecule has 1 saturated carbocycles. The quantitative estimate of drug-likeness (QED) is 0.847. The average Bonchev–Trinajstić information content (AvgIpc) is 2.96. The van der Waals surface area contributed by atoms with Gasteiger partial charge in [-0.1, -0.05) is 12.8 Å². The van der Waals surface area contributed by atoms with Gasteiger partial charge < -0.3 is 15.2 Å². The first kappa shape index (κ1) is 12.6. The Hall–Kier alpha value is -0.870. The molecule has 2 rings (SSSR count). The van der Waals surface area contributed by atoms with Gasteiger partial charge in [0.15, 0.2) is 0 Å². The second kappa shape index (κ2) is 5.65. The lowest BCUT2D eigenvalue weighted by Gasteiger charge is -2.24. The van der Waals surface area contributed by atoms with Crippen molar-refractivity contribution in [1.82, 2.24) is 14.5 Å². The molecule has 0 bridgehead atoms. The lowest BCUT2D eigenvalue weighted by Crippen LogP contribution is -2.32. The van der Waals surface area contributed by atoms with E-state index < -0.39 is 0 Å². The van der Waals surface area contributed by atoms with Crippen molar-refractivity contribution in [2.75, 3.05) is 13.6 Å². The number of imidazole rings is 1. The molecule has 2 N–H and O–H groups in total. The molecule has 0 aliphatic heterocycles. The summed E-state index contributed by atoms with van der Waals surface area (Å²) in [6.07, 6.45) is 9.28. The molecule has 0 unspecified atom stereocenters. The average molecular weight is 236 g/mol. The van der Waals surface area contributed by atoms with Gasteiger partial charge in [0, 0.05) is 31.4 Å². The molecule has 1 heterocycles. The zero-order chi connectivity index (χ0) is 12.3. The minimum Gasteiger partial charge on any atom is -0.332 e. The summed E-state index contributed by atoms with van der Waals surface area (Å²) in [6.45, 7) is 4.08. The van der Waals surface area contributed by atoms with Gasteiger partial charge in [-0.15, -0.1) is 0 Å². The molecule has 1 aromatic heterocycles. The van der Waals surface area contributed by atoms with Crippen LogP contribution >= 0.6 is 0 Å². The van der Waals surface area contributed by atoms with Crippen LogP contribution in [0.4, 0.5) is 0 Å². The van der Waals surface area contributed by atoms with Crippen molar-refractivity contribution in [1.29, 1.82) is 0 Å². The summed E-state index contributed by atoms with van der Waals surface area (Å²) in [6, 6.07) is 0.853. The molecule has 4 heteroatoms. The summed E-state index contributed by atoms with van der Waals surface area (Å²) in [7, 11) is 2.23. The second-order valence-electron chi connectivity index (χ2n) is 5.22. The highest BCUT2D eigenvalue weighted by molar-refractivity contribution is 5.03. The SMILES string of the molecule is C[C@@H](N)c1cncn1CCN(C)C1CCCC1. The fraction of sp³-hybridized carbons (Fsp3) is 0.769. The maximum absolute atomic E-state index is 5.91. The van der Waals surface area contributed by atoms with Gasteiger partial charge in [0.2, 0.25) is 0 Å². The van der Waals surface area contributed by atoms with Gasteiger partial charge in [0.1, 0.15) is 0 Å². The summed E-state index contributed by atoms with van der Waals surface area (Å²) in [5.74, 6) is 0. The second-order valence-corrected chi connectivity index (χ2v) is 5.22. The van der Waals surface area contributed by atoms with E-state index in [1.165, 1.54) is 25.7 Å². The van der Waals surface area contributed by atoms with Gasteiger partial charge in [-0.2, -0.15) is 0 Å². The molecule has 1 fully saturated rings. The first-order valence-electron chi connectivity index (χ1n) is 6.64. The minimum atomic E-state index is 0.0642. The van der Waals surface area contributed by atoms with Crippen LogP contribution in [0.2, 0.25) is 0 Å². The van der Waals surface area contributed by atoms with Crippen LogP contribution in [0.15, 0.2) is 12.5 Å². The Kier molecular flexibility index (Phi) is 4.18. The third-order valence-corrected chi connectivity index (χ3v) is 3.85. The molecule has 0 amide bonds. The fourth-order valence-electron chi connectivity index (χ4n) is 2.69. The third-order valence-electron chi connectivity index (χ3n) is 3.85. The highest BCUT2D eigenvalue weighted by Gasteiger charge is 2.19. The molecule has 0 aromatic carbocycles. The van der Waals surface area contributed by atoms with E-state index in [-0.39, 0.29) is 6.04 Å². The number of nitrogens with two attached hydrogens (primary N) is 1. The first-order chi connectivity index (χ1) is 8.18. The molecule has 1 atom stereocenters. The summed E-state index contributed by atoms with van der Waals surface area (Å²) in [5, 5.41) is 0. The number of hydrogen-bond donors (Lipinski definition) is 1. The van der Waals surface area contributed by atoms with Gasteiger partial charge in [0.05, 0.1) is 12.0 Å². The zero-order valence-electron chi connectivity index (χ0n) is 11.0. The van der Waals surface area contributed by atoms with E-state index >= 15 is 0 Å². The molecule has 0 saturated heterocycles. The Morgan fingerprint density at radius 2 is 2.24 bits per heavy atom. The summed E-state index contributed by atoms with van der Waals surface area (Å²) in [5.41, 5.74) is 7.04. The highest BCUT2D eigenvalue weighted by atomic mass is 15.2. The van der Waals surface area contributed by atoms with E-state index in [0.717, 1.165) is 24.8 Å². The Morgan fingerprint density at radius 3 is 2.88 bits per heavy atom. The summed E-state index contributed by atoms with van der Waals surface area (Å²) < 4.78 is 2.18. The van der Waals surface area contributed by atoms with Crippen LogP contribution in [0, 0.1) is 0 Å². The van der Waals surface area contributed by atoms with Crippen molar-refractivity contribution in [3.8, 4) is 0 Å². The topological polar surface area (TPSA) is 47.1 Å². The van der Waals surface area contributed by atoms with E-state index in [1.54, 1.807) is 0 Å². The zero-order valence-corrected chi connectivity index (χ0v) is 11.0. The van der Waals surface area contributed by atoms with Crippen LogP contribution in [-0.4, -0.2) is 34.1 Å². The van der Waals surface area contributed by atoms with Gasteiger partial charge in [-0.3, -0.25) is 0 Å². The molecular weight excluding hydrogens is 212 g/mol. The molecule has 96 valence electrons. The summed E-state index contributed by atoms with van der Waals surface area (Å²) >= 11 is 0. The smallest absolute Gasteiger partial charge is 0.0949 e. The van der Waals surface area contributed by atoms with Gasteiger partial charge >= 0.3 is 0 Å². The molecule has 4 nitrogen and oxygen atoms in total. The van der Waals surface area contributed by atoms with Crippen LogP contribution in [0.25, 0.3) is 0 Å². The van der Waals surface area contributed by atoms with Crippen molar-refractivity contribution >= 4 is 0 Å². The van der Waals surface area contributed by atoms with E-state index in [2.05, 4.69) is 21.5 Å². The molecular formula is C13H24N4. The summed E-state index contributed by atoms with van der Waals surface area (Å²) in [4.78, 5) is 6.67. The fourth-order valence-corrected chi connectivity index (χ4v) is 2.69. The first-order valence-corrected chi connectivity index (χ1v) is 6.64. The van der Waals surface area contributed by atoms with Gasteiger partial charge in [-0.05, 0) is 26.8 Å².